The highest BCUT2D eigenvalue weighted by Crippen LogP contribution is 2.34. The molecule has 1 aromatic heterocycles. The molecule has 0 saturated heterocycles. The van der Waals surface area contributed by atoms with Crippen molar-refractivity contribution in [2.45, 2.75) is 18.3 Å². The van der Waals surface area contributed by atoms with Crippen LogP contribution in [0, 0.1) is 6.92 Å². The molecule has 3 rings (SSSR count). The van der Waals surface area contributed by atoms with Crippen molar-refractivity contribution in [3.63, 3.8) is 0 Å². The largest absolute Gasteiger partial charge is 0.416 e. The molecule has 0 spiro atoms. The summed E-state index contributed by atoms with van der Waals surface area (Å²) in [4.78, 5) is 43.2. The van der Waals surface area contributed by atoms with Crippen molar-refractivity contribution in [3.05, 3.63) is 74.5 Å². The number of carbonyl (C=O) groups excluding carboxylic acids is 2. The predicted octanol–water partition coefficient (Wildman–Crippen LogP) is 4.32. The van der Waals surface area contributed by atoms with Crippen molar-refractivity contribution in [3.8, 4) is 0 Å². The predicted molar refractivity (Wildman–Crippen MR) is 124 cm³/mol. The van der Waals surface area contributed by atoms with Gasteiger partial charge in [0.1, 0.15) is 5.69 Å². The highest BCUT2D eigenvalue weighted by atomic mass is 35.5. The topological polar surface area (TPSA) is 130 Å². The average Bonchev–Trinajstić information content (AvgIpc) is 2.76. The fraction of sp³-hybridized carbons (Fsp3) is 0.143. The van der Waals surface area contributed by atoms with E-state index in [1.54, 1.807) is 24.3 Å². The Kier molecular flexibility index (Phi) is 7.52. The summed E-state index contributed by atoms with van der Waals surface area (Å²) >= 11 is 6.64. The van der Waals surface area contributed by atoms with Gasteiger partial charge in [0, 0.05) is 5.56 Å². The molecule has 5 N–H and O–H groups in total. The minimum absolute atomic E-state index is 0.0267. The Morgan fingerprint density at radius 2 is 1.82 bits per heavy atom. The zero-order valence-corrected chi connectivity index (χ0v) is 19.0. The number of anilines is 3. The van der Waals surface area contributed by atoms with Crippen LogP contribution in [0.15, 0.2) is 52.4 Å². The number of hydrogen-bond donors (Lipinski definition) is 4. The van der Waals surface area contributed by atoms with Gasteiger partial charge in [-0.05, 0) is 37.3 Å². The first-order valence-corrected chi connectivity index (χ1v) is 10.9. The van der Waals surface area contributed by atoms with E-state index in [1.165, 1.54) is 0 Å². The Morgan fingerprint density at radius 1 is 1.15 bits per heavy atom. The molecule has 3 aromatic rings. The number of thioether (sulfide) groups is 1. The summed E-state index contributed by atoms with van der Waals surface area (Å²) in [6.45, 7) is 1.86. The molecule has 2 amide bonds. The maximum Gasteiger partial charge on any atom is 0.416 e. The van der Waals surface area contributed by atoms with E-state index in [2.05, 4.69) is 20.6 Å². The van der Waals surface area contributed by atoms with Gasteiger partial charge in [-0.15, -0.1) is 0 Å². The molecule has 0 saturated carbocycles. The molecule has 1 heterocycles. The summed E-state index contributed by atoms with van der Waals surface area (Å²) in [5.74, 6) is -1.83. The van der Waals surface area contributed by atoms with E-state index in [4.69, 9.17) is 17.3 Å². The van der Waals surface area contributed by atoms with Gasteiger partial charge in [0.15, 0.2) is 11.0 Å². The lowest BCUT2D eigenvalue weighted by molar-refractivity contribution is -0.137. The minimum atomic E-state index is -4.60. The number of alkyl halides is 3. The number of aromatic amines is 1. The van der Waals surface area contributed by atoms with Gasteiger partial charge in [-0.1, -0.05) is 41.1 Å². The van der Waals surface area contributed by atoms with Crippen LogP contribution < -0.4 is 21.9 Å². The third-order valence-electron chi connectivity index (χ3n) is 4.39. The number of nitrogens with two attached hydrogens (primary N) is 1. The van der Waals surface area contributed by atoms with Crippen molar-refractivity contribution in [2.75, 3.05) is 22.1 Å². The van der Waals surface area contributed by atoms with Crippen molar-refractivity contribution < 1.29 is 22.8 Å². The molecule has 178 valence electrons. The second kappa shape index (κ2) is 10.2. The van der Waals surface area contributed by atoms with Crippen LogP contribution in [0.25, 0.3) is 0 Å². The van der Waals surface area contributed by atoms with Crippen LogP contribution in [0.2, 0.25) is 5.02 Å². The molecule has 0 unspecified atom stereocenters. The van der Waals surface area contributed by atoms with Gasteiger partial charge in [0.25, 0.3) is 11.5 Å². The molecule has 0 radical (unpaired) electrons. The standard InChI is InChI=1S/C21H17ClF3N5O3S/c1-10-2-4-11(5-3-10)18(32)28-16-17(26)29-20(30-19(16)33)34-9-15(31)27-14-8-12(21(23,24)25)6-7-13(14)22/h2-8H,9H2,1H3,(H,27,31)(H,28,32)(H3,26,29,30,33). The number of hydrogen-bond acceptors (Lipinski definition) is 6. The summed E-state index contributed by atoms with van der Waals surface area (Å²) in [6, 6.07) is 9.18. The van der Waals surface area contributed by atoms with Crippen molar-refractivity contribution in [1.29, 1.82) is 0 Å². The molecule has 0 aliphatic rings. The average molecular weight is 512 g/mol. The number of nitrogens with one attached hydrogen (secondary N) is 3. The SMILES string of the molecule is Cc1ccc(C(=O)Nc2c(N)nc(SCC(=O)Nc3cc(C(F)(F)F)ccc3Cl)[nH]c2=O)cc1. The van der Waals surface area contributed by atoms with E-state index in [9.17, 15) is 27.6 Å². The summed E-state index contributed by atoms with van der Waals surface area (Å²) < 4.78 is 38.6. The second-order valence-electron chi connectivity index (χ2n) is 6.98. The Hall–Kier alpha value is -3.51. The molecule has 0 aliphatic carbocycles. The Morgan fingerprint density at radius 3 is 2.44 bits per heavy atom. The molecular weight excluding hydrogens is 495 g/mol. The van der Waals surface area contributed by atoms with Gasteiger partial charge < -0.3 is 16.4 Å². The molecule has 8 nitrogen and oxygen atoms in total. The molecule has 34 heavy (non-hydrogen) atoms. The summed E-state index contributed by atoms with van der Waals surface area (Å²) in [7, 11) is 0. The lowest BCUT2D eigenvalue weighted by Gasteiger charge is -2.12. The second-order valence-corrected chi connectivity index (χ2v) is 8.35. The first-order valence-electron chi connectivity index (χ1n) is 9.51. The van der Waals surface area contributed by atoms with Crippen LogP contribution in [0.4, 0.5) is 30.4 Å². The molecule has 0 aliphatic heterocycles. The zero-order valence-electron chi connectivity index (χ0n) is 17.4. The summed E-state index contributed by atoms with van der Waals surface area (Å²) in [5.41, 5.74) is 4.89. The lowest BCUT2D eigenvalue weighted by Crippen LogP contribution is -2.23. The van der Waals surface area contributed by atoms with E-state index in [1.807, 2.05) is 6.92 Å². The quantitative estimate of drug-likeness (QED) is 0.288. The highest BCUT2D eigenvalue weighted by Gasteiger charge is 2.31. The van der Waals surface area contributed by atoms with Crippen molar-refractivity contribution in [2.24, 2.45) is 0 Å². The van der Waals surface area contributed by atoms with Crippen LogP contribution in [-0.4, -0.2) is 27.5 Å². The third kappa shape index (κ3) is 6.29. The van der Waals surface area contributed by atoms with Crippen LogP contribution >= 0.6 is 23.4 Å². The molecule has 0 fully saturated rings. The van der Waals surface area contributed by atoms with E-state index in [-0.39, 0.29) is 33.1 Å². The molecular formula is C21H17ClF3N5O3S. The van der Waals surface area contributed by atoms with E-state index < -0.39 is 29.1 Å². The highest BCUT2D eigenvalue weighted by molar-refractivity contribution is 7.99. The normalized spacial score (nSPS) is 11.2. The van der Waals surface area contributed by atoms with E-state index >= 15 is 0 Å². The summed E-state index contributed by atoms with van der Waals surface area (Å²) in [5, 5.41) is 4.58. The molecule has 13 heteroatoms. The number of aromatic nitrogens is 2. The van der Waals surface area contributed by atoms with E-state index in [0.717, 1.165) is 29.5 Å². The van der Waals surface area contributed by atoms with Crippen LogP contribution in [0.1, 0.15) is 21.5 Å². The smallest absolute Gasteiger partial charge is 0.382 e. The summed E-state index contributed by atoms with van der Waals surface area (Å²) in [6.07, 6.45) is -4.60. The van der Waals surface area contributed by atoms with Crippen LogP contribution in [0.3, 0.4) is 0 Å². The Labute approximate surface area is 200 Å². The van der Waals surface area contributed by atoms with Crippen LogP contribution in [-0.2, 0) is 11.0 Å². The van der Waals surface area contributed by atoms with Gasteiger partial charge in [0.05, 0.1) is 22.0 Å². The number of carbonyl (C=O) groups is 2. The number of rotatable bonds is 6. The van der Waals surface area contributed by atoms with Gasteiger partial charge in [-0.2, -0.15) is 13.2 Å². The molecule has 0 bridgehead atoms. The number of benzene rings is 2. The fourth-order valence-electron chi connectivity index (χ4n) is 2.67. The van der Waals surface area contributed by atoms with Crippen molar-refractivity contribution in [1.82, 2.24) is 9.97 Å². The van der Waals surface area contributed by atoms with Gasteiger partial charge in [-0.3, -0.25) is 19.4 Å². The first kappa shape index (κ1) is 25.1. The minimum Gasteiger partial charge on any atom is -0.382 e. The number of halogens is 4. The number of amides is 2. The number of aryl methyl sites for hydroxylation is 1. The van der Waals surface area contributed by atoms with Gasteiger partial charge >= 0.3 is 6.18 Å². The first-order chi connectivity index (χ1) is 15.9. The van der Waals surface area contributed by atoms with Crippen molar-refractivity contribution >= 4 is 52.4 Å². The number of nitrogen functional groups attached to an aromatic ring is 1. The fourth-order valence-corrected chi connectivity index (χ4v) is 3.50. The molecule has 0 atom stereocenters. The Balaban J connectivity index is 1.66. The maximum absolute atomic E-state index is 12.9. The van der Waals surface area contributed by atoms with Gasteiger partial charge in [0.2, 0.25) is 5.91 Å². The zero-order chi connectivity index (χ0) is 25.0. The maximum atomic E-state index is 12.9. The number of H-pyrrole nitrogens is 1. The van der Waals surface area contributed by atoms with Crippen LogP contribution in [0.5, 0.6) is 0 Å². The number of nitrogens with zero attached hydrogens (tertiary/aromatic N) is 1. The Bertz CT molecular complexity index is 1300. The lowest BCUT2D eigenvalue weighted by atomic mass is 10.1. The molecule has 2 aromatic carbocycles. The van der Waals surface area contributed by atoms with Gasteiger partial charge in [-0.25, -0.2) is 4.98 Å². The monoisotopic (exact) mass is 511 g/mol. The third-order valence-corrected chi connectivity index (χ3v) is 5.59. The van der Waals surface area contributed by atoms with E-state index in [0.29, 0.717) is 11.6 Å².